The second kappa shape index (κ2) is 7.31. The molecule has 6 nitrogen and oxygen atoms in total. The fraction of sp³-hybridized carbons (Fsp3) is 0.286. The molecule has 1 saturated heterocycles. The number of likely N-dealkylation sites (tertiary alicyclic amines) is 1. The van der Waals surface area contributed by atoms with Crippen molar-refractivity contribution >= 4 is 27.1 Å². The number of hydrogen-bond donors (Lipinski definition) is 0. The van der Waals surface area contributed by atoms with Crippen molar-refractivity contribution in [3.05, 3.63) is 59.6 Å². The minimum atomic E-state index is -3.89. The molecule has 4 rings (SSSR count). The molecule has 0 aliphatic carbocycles. The number of anilines is 2. The quantitative estimate of drug-likeness (QED) is 0.792. The SMILES string of the molecule is COc1cccc(N2C=C(C(=O)N3CCCCC3)S(=O)(=O)c3ccccc32)c1. The highest BCUT2D eigenvalue weighted by molar-refractivity contribution is 7.96. The standard InChI is InChI=1S/C21H22N2O4S/c1-27-17-9-7-8-16(14-17)23-15-20(21(24)22-12-5-2-6-13-22)28(25,26)19-11-4-3-10-18(19)23/h3-4,7-11,14-15H,2,5-6,12-13H2,1H3. The Kier molecular flexibility index (Phi) is 4.85. The van der Waals surface area contributed by atoms with Crippen molar-refractivity contribution in [3.63, 3.8) is 0 Å². The Bertz CT molecular complexity index is 1040. The third-order valence-electron chi connectivity index (χ3n) is 5.14. The van der Waals surface area contributed by atoms with E-state index in [1.54, 1.807) is 41.2 Å². The molecule has 0 atom stereocenters. The number of hydrogen-bond acceptors (Lipinski definition) is 5. The predicted molar refractivity (Wildman–Crippen MR) is 107 cm³/mol. The van der Waals surface area contributed by atoms with E-state index in [2.05, 4.69) is 0 Å². The van der Waals surface area contributed by atoms with Gasteiger partial charge in [0.05, 0.1) is 17.7 Å². The molecule has 1 fully saturated rings. The lowest BCUT2D eigenvalue weighted by atomic mass is 10.1. The number of nitrogens with zero attached hydrogens (tertiary/aromatic N) is 2. The number of benzene rings is 2. The number of carbonyl (C=O) groups is 1. The number of fused-ring (bicyclic) bond motifs is 1. The van der Waals surface area contributed by atoms with Gasteiger partial charge in [0.25, 0.3) is 5.91 Å². The normalized spacial score (nSPS) is 18.2. The summed E-state index contributed by atoms with van der Waals surface area (Å²) >= 11 is 0. The Balaban J connectivity index is 1.85. The van der Waals surface area contributed by atoms with Crippen LogP contribution in [0, 0.1) is 0 Å². The Morgan fingerprint density at radius 3 is 2.50 bits per heavy atom. The van der Waals surface area contributed by atoms with Crippen LogP contribution in [0.15, 0.2) is 64.5 Å². The average Bonchev–Trinajstić information content (AvgIpc) is 2.74. The topological polar surface area (TPSA) is 66.9 Å². The molecular formula is C21H22N2O4S. The molecule has 0 saturated carbocycles. The van der Waals surface area contributed by atoms with Gasteiger partial charge in [0.2, 0.25) is 9.84 Å². The van der Waals surface area contributed by atoms with Crippen LogP contribution in [-0.4, -0.2) is 39.4 Å². The number of methoxy groups -OCH3 is 1. The van der Waals surface area contributed by atoms with Crippen LogP contribution in [0.3, 0.4) is 0 Å². The molecular weight excluding hydrogens is 376 g/mol. The van der Waals surface area contributed by atoms with E-state index < -0.39 is 15.7 Å². The third-order valence-corrected chi connectivity index (χ3v) is 6.92. The van der Waals surface area contributed by atoms with Crippen molar-refractivity contribution in [2.45, 2.75) is 24.2 Å². The highest BCUT2D eigenvalue weighted by atomic mass is 32.2. The van der Waals surface area contributed by atoms with Crippen LogP contribution < -0.4 is 9.64 Å². The molecule has 1 amide bonds. The van der Waals surface area contributed by atoms with Crippen molar-refractivity contribution in [2.24, 2.45) is 0 Å². The van der Waals surface area contributed by atoms with Gasteiger partial charge in [-0.05, 0) is 43.5 Å². The van der Waals surface area contributed by atoms with E-state index in [0.29, 0.717) is 24.5 Å². The highest BCUT2D eigenvalue weighted by Crippen LogP contribution is 2.40. The maximum atomic E-state index is 13.2. The predicted octanol–water partition coefficient (Wildman–Crippen LogP) is 3.47. The lowest BCUT2D eigenvalue weighted by Crippen LogP contribution is -2.39. The maximum absolute atomic E-state index is 13.2. The van der Waals surface area contributed by atoms with Crippen LogP contribution in [0.25, 0.3) is 0 Å². The molecule has 2 aromatic rings. The number of ether oxygens (including phenoxy) is 1. The minimum absolute atomic E-state index is 0.140. The van der Waals surface area contributed by atoms with Crippen LogP contribution in [0.5, 0.6) is 5.75 Å². The van der Waals surface area contributed by atoms with Crippen molar-refractivity contribution in [3.8, 4) is 5.75 Å². The van der Waals surface area contributed by atoms with Crippen LogP contribution in [0.4, 0.5) is 11.4 Å². The zero-order valence-electron chi connectivity index (χ0n) is 15.7. The molecule has 2 aliphatic heterocycles. The molecule has 0 unspecified atom stereocenters. The fourth-order valence-corrected chi connectivity index (χ4v) is 5.19. The van der Waals surface area contributed by atoms with Gasteiger partial charge >= 0.3 is 0 Å². The van der Waals surface area contributed by atoms with Gasteiger partial charge in [0, 0.05) is 31.0 Å². The van der Waals surface area contributed by atoms with Crippen molar-refractivity contribution in [2.75, 3.05) is 25.1 Å². The number of piperidine rings is 1. The lowest BCUT2D eigenvalue weighted by Gasteiger charge is -2.32. The highest BCUT2D eigenvalue weighted by Gasteiger charge is 2.37. The van der Waals surface area contributed by atoms with Gasteiger partial charge in [-0.25, -0.2) is 8.42 Å². The Morgan fingerprint density at radius 1 is 1.00 bits per heavy atom. The Morgan fingerprint density at radius 2 is 1.75 bits per heavy atom. The van der Waals surface area contributed by atoms with Gasteiger partial charge in [-0.15, -0.1) is 0 Å². The second-order valence-electron chi connectivity index (χ2n) is 6.89. The maximum Gasteiger partial charge on any atom is 0.267 e. The van der Waals surface area contributed by atoms with Gasteiger partial charge in [0.1, 0.15) is 5.75 Å². The first-order valence-electron chi connectivity index (χ1n) is 9.31. The summed E-state index contributed by atoms with van der Waals surface area (Å²) < 4.78 is 31.7. The molecule has 2 aromatic carbocycles. The van der Waals surface area contributed by atoms with Crippen molar-refractivity contribution in [1.29, 1.82) is 0 Å². The summed E-state index contributed by atoms with van der Waals surface area (Å²) in [7, 11) is -2.31. The van der Waals surface area contributed by atoms with Crippen LogP contribution in [-0.2, 0) is 14.6 Å². The molecule has 146 valence electrons. The van der Waals surface area contributed by atoms with E-state index in [-0.39, 0.29) is 9.80 Å². The number of carbonyl (C=O) groups excluding carboxylic acids is 1. The number of para-hydroxylation sites is 1. The molecule has 28 heavy (non-hydrogen) atoms. The smallest absolute Gasteiger partial charge is 0.267 e. The van der Waals surface area contributed by atoms with Gasteiger partial charge in [-0.1, -0.05) is 18.2 Å². The minimum Gasteiger partial charge on any atom is -0.497 e. The summed E-state index contributed by atoms with van der Waals surface area (Å²) in [6.45, 7) is 1.18. The average molecular weight is 398 g/mol. The second-order valence-corrected chi connectivity index (χ2v) is 8.78. The number of sulfone groups is 1. The molecule has 0 aromatic heterocycles. The molecule has 2 heterocycles. The van der Waals surface area contributed by atoms with Crippen LogP contribution in [0.2, 0.25) is 0 Å². The number of rotatable bonds is 3. The molecule has 0 bridgehead atoms. The Labute approximate surface area is 164 Å². The first-order valence-corrected chi connectivity index (χ1v) is 10.8. The van der Waals surface area contributed by atoms with Gasteiger partial charge in [-0.2, -0.15) is 0 Å². The van der Waals surface area contributed by atoms with Crippen molar-refractivity contribution in [1.82, 2.24) is 4.90 Å². The van der Waals surface area contributed by atoms with E-state index in [1.165, 1.54) is 6.20 Å². The van der Waals surface area contributed by atoms with Gasteiger partial charge < -0.3 is 14.5 Å². The monoisotopic (exact) mass is 398 g/mol. The summed E-state index contributed by atoms with van der Waals surface area (Å²) in [6, 6.07) is 14.1. The lowest BCUT2D eigenvalue weighted by molar-refractivity contribution is -0.127. The first-order chi connectivity index (χ1) is 13.5. The summed E-state index contributed by atoms with van der Waals surface area (Å²) in [5, 5.41) is 0. The van der Waals surface area contributed by atoms with Crippen LogP contribution >= 0.6 is 0 Å². The zero-order chi connectivity index (χ0) is 19.7. The van der Waals surface area contributed by atoms with Gasteiger partial charge in [0.15, 0.2) is 4.91 Å². The fourth-order valence-electron chi connectivity index (χ4n) is 3.66. The van der Waals surface area contributed by atoms with Crippen LogP contribution in [0.1, 0.15) is 19.3 Å². The molecule has 0 radical (unpaired) electrons. The van der Waals surface area contributed by atoms with E-state index in [0.717, 1.165) is 24.9 Å². The summed E-state index contributed by atoms with van der Waals surface area (Å²) in [6.07, 6.45) is 4.31. The largest absolute Gasteiger partial charge is 0.497 e. The molecule has 0 spiro atoms. The van der Waals surface area contributed by atoms with E-state index in [1.807, 2.05) is 24.3 Å². The van der Waals surface area contributed by atoms with E-state index >= 15 is 0 Å². The first kappa shape index (κ1) is 18.6. The number of amides is 1. The molecule has 2 aliphatic rings. The van der Waals surface area contributed by atoms with Gasteiger partial charge in [-0.3, -0.25) is 4.79 Å². The third kappa shape index (κ3) is 3.16. The Hall–Kier alpha value is -2.80. The molecule has 0 N–H and O–H groups in total. The summed E-state index contributed by atoms with van der Waals surface area (Å²) in [5.41, 5.74) is 1.25. The van der Waals surface area contributed by atoms with E-state index in [4.69, 9.17) is 4.74 Å². The van der Waals surface area contributed by atoms with E-state index in [9.17, 15) is 13.2 Å². The van der Waals surface area contributed by atoms with Crippen molar-refractivity contribution < 1.29 is 17.9 Å². The molecule has 7 heteroatoms. The summed E-state index contributed by atoms with van der Waals surface area (Å²) in [5.74, 6) is 0.225. The zero-order valence-corrected chi connectivity index (χ0v) is 16.5. The summed E-state index contributed by atoms with van der Waals surface area (Å²) in [4.78, 5) is 16.5.